The van der Waals surface area contributed by atoms with Crippen molar-refractivity contribution in [1.29, 1.82) is 0 Å². The first-order valence-corrected chi connectivity index (χ1v) is 7.66. The Labute approximate surface area is 139 Å². The van der Waals surface area contributed by atoms with Crippen LogP contribution in [-0.4, -0.2) is 16.8 Å². The summed E-state index contributed by atoms with van der Waals surface area (Å²) in [6.45, 7) is 3.43. The maximum atomic E-state index is 12.7. The number of nitrogens with one attached hydrogen (secondary N) is 1. The van der Waals surface area contributed by atoms with Gasteiger partial charge in [0, 0.05) is 21.8 Å². The van der Waals surface area contributed by atoms with E-state index in [0.717, 1.165) is 5.56 Å². The van der Waals surface area contributed by atoms with Crippen LogP contribution in [0.15, 0.2) is 42.5 Å². The molecule has 2 N–H and O–H groups in total. The molecule has 3 rings (SSSR count). The number of carbonyl (C=O) groups excluding carboxylic acids is 2. The lowest BCUT2D eigenvalue weighted by atomic mass is 9.79. The second kappa shape index (κ2) is 5.48. The molecule has 0 radical (unpaired) electrons. The Bertz CT molecular complexity index is 800. The van der Waals surface area contributed by atoms with Crippen LogP contribution in [0.5, 0.6) is 0 Å². The van der Waals surface area contributed by atoms with Crippen LogP contribution in [0, 0.1) is 12.8 Å². The Morgan fingerprint density at radius 3 is 2.52 bits per heavy atom. The largest absolute Gasteiger partial charge is 0.375 e. The fraction of sp³-hybridized carbons (Fsp3) is 0.222. The van der Waals surface area contributed by atoms with Crippen molar-refractivity contribution in [2.45, 2.75) is 19.4 Å². The van der Waals surface area contributed by atoms with Crippen molar-refractivity contribution in [3.8, 4) is 0 Å². The van der Waals surface area contributed by atoms with Crippen LogP contribution in [-0.2, 0) is 10.4 Å². The number of aliphatic hydroxyl groups is 1. The Balaban J connectivity index is 2.03. The van der Waals surface area contributed by atoms with Crippen molar-refractivity contribution in [3.63, 3.8) is 0 Å². The third-order valence-corrected chi connectivity index (χ3v) is 4.58. The molecule has 2 aromatic carbocycles. The van der Waals surface area contributed by atoms with Crippen LogP contribution in [0.3, 0.4) is 0 Å². The third kappa shape index (κ3) is 2.44. The lowest BCUT2D eigenvalue weighted by molar-refractivity contribution is -0.137. The van der Waals surface area contributed by atoms with E-state index in [-0.39, 0.29) is 5.78 Å². The number of Topliss-reactive ketones (excluding diaryl/α,β-unsaturated/α-hetero) is 1. The minimum Gasteiger partial charge on any atom is -0.375 e. The summed E-state index contributed by atoms with van der Waals surface area (Å²) in [5, 5.41) is 14.2. The first kappa shape index (κ1) is 15.7. The van der Waals surface area contributed by atoms with Crippen LogP contribution in [0.25, 0.3) is 0 Å². The standard InChI is InChI=1S/C18H16ClNO3/c1-10-3-8-15-14(9-10)18(23,17(22)20-15)11(2)16(21)12-4-6-13(19)7-5-12/h3-9,11,23H,1-2H3,(H,20,22)/t11-,18-/m1/s1. The molecular weight excluding hydrogens is 314 g/mol. The number of amides is 1. The molecule has 0 aromatic heterocycles. The van der Waals surface area contributed by atoms with E-state index in [2.05, 4.69) is 5.32 Å². The van der Waals surface area contributed by atoms with E-state index in [4.69, 9.17) is 11.6 Å². The summed E-state index contributed by atoms with van der Waals surface area (Å²) in [5.41, 5.74) is 0.420. The number of hydrogen-bond donors (Lipinski definition) is 2. The number of anilines is 1. The Morgan fingerprint density at radius 1 is 1.22 bits per heavy atom. The van der Waals surface area contributed by atoms with Gasteiger partial charge in [-0.2, -0.15) is 0 Å². The fourth-order valence-corrected chi connectivity index (χ4v) is 3.03. The molecule has 1 aliphatic heterocycles. The van der Waals surface area contributed by atoms with E-state index in [0.29, 0.717) is 21.8 Å². The van der Waals surface area contributed by atoms with Crippen LogP contribution in [0.2, 0.25) is 5.02 Å². The van der Waals surface area contributed by atoms with Crippen molar-refractivity contribution >= 4 is 29.0 Å². The molecular formula is C18H16ClNO3. The van der Waals surface area contributed by atoms with Gasteiger partial charge in [0.05, 0.1) is 5.92 Å². The van der Waals surface area contributed by atoms with Crippen LogP contribution < -0.4 is 5.32 Å². The molecule has 0 aliphatic carbocycles. The molecule has 0 saturated heterocycles. The smallest absolute Gasteiger partial charge is 0.261 e. The number of hydrogen-bond acceptors (Lipinski definition) is 3. The summed E-state index contributed by atoms with van der Waals surface area (Å²) < 4.78 is 0. The molecule has 0 unspecified atom stereocenters. The molecule has 118 valence electrons. The van der Waals surface area contributed by atoms with Crippen LogP contribution >= 0.6 is 11.6 Å². The van der Waals surface area contributed by atoms with Gasteiger partial charge < -0.3 is 10.4 Å². The van der Waals surface area contributed by atoms with Gasteiger partial charge in [-0.3, -0.25) is 9.59 Å². The van der Waals surface area contributed by atoms with Crippen molar-refractivity contribution in [2.24, 2.45) is 5.92 Å². The van der Waals surface area contributed by atoms with Gasteiger partial charge in [0.1, 0.15) is 0 Å². The van der Waals surface area contributed by atoms with Gasteiger partial charge >= 0.3 is 0 Å². The molecule has 1 amide bonds. The fourth-order valence-electron chi connectivity index (χ4n) is 2.91. The maximum Gasteiger partial charge on any atom is 0.261 e. The van der Waals surface area contributed by atoms with Crippen molar-refractivity contribution in [1.82, 2.24) is 0 Å². The topological polar surface area (TPSA) is 66.4 Å². The molecule has 2 atom stereocenters. The monoisotopic (exact) mass is 329 g/mol. The average Bonchev–Trinajstić information content (AvgIpc) is 2.79. The van der Waals surface area contributed by atoms with E-state index >= 15 is 0 Å². The lowest BCUT2D eigenvalue weighted by Gasteiger charge is -2.27. The van der Waals surface area contributed by atoms with Gasteiger partial charge in [0.2, 0.25) is 0 Å². The summed E-state index contributed by atoms with van der Waals surface area (Å²) in [5.74, 6) is -1.81. The highest BCUT2D eigenvalue weighted by Gasteiger charge is 2.52. The van der Waals surface area contributed by atoms with E-state index in [1.807, 2.05) is 13.0 Å². The Hall–Kier alpha value is -2.17. The number of rotatable bonds is 3. The van der Waals surface area contributed by atoms with E-state index in [1.54, 1.807) is 43.3 Å². The number of aryl methyl sites for hydroxylation is 1. The number of ketones is 1. The molecule has 0 spiro atoms. The van der Waals surface area contributed by atoms with Gasteiger partial charge in [0.25, 0.3) is 5.91 Å². The SMILES string of the molecule is Cc1ccc2c(c1)[C@](O)([C@H](C)C(=O)c1ccc(Cl)cc1)C(=O)N2. The predicted octanol–water partition coefficient (Wildman–Crippen LogP) is 3.31. The van der Waals surface area contributed by atoms with Crippen LogP contribution in [0.1, 0.15) is 28.4 Å². The molecule has 1 heterocycles. The molecule has 0 bridgehead atoms. The van der Waals surface area contributed by atoms with E-state index in [9.17, 15) is 14.7 Å². The number of carbonyl (C=O) groups is 2. The summed E-state index contributed by atoms with van der Waals surface area (Å²) >= 11 is 5.83. The normalized spacial score (nSPS) is 20.8. The van der Waals surface area contributed by atoms with E-state index in [1.165, 1.54) is 0 Å². The summed E-state index contributed by atoms with van der Waals surface area (Å²) in [7, 11) is 0. The molecule has 23 heavy (non-hydrogen) atoms. The highest BCUT2D eigenvalue weighted by atomic mass is 35.5. The zero-order chi connectivity index (χ0) is 16.8. The van der Waals surface area contributed by atoms with Crippen LogP contribution in [0.4, 0.5) is 5.69 Å². The molecule has 2 aromatic rings. The number of benzene rings is 2. The zero-order valence-corrected chi connectivity index (χ0v) is 13.5. The Morgan fingerprint density at radius 2 is 1.87 bits per heavy atom. The summed E-state index contributed by atoms with van der Waals surface area (Å²) in [4.78, 5) is 25.1. The Kier molecular flexibility index (Phi) is 3.74. The van der Waals surface area contributed by atoms with E-state index < -0.39 is 17.4 Å². The van der Waals surface area contributed by atoms with Gasteiger partial charge in [-0.05, 0) is 37.3 Å². The average molecular weight is 330 g/mol. The number of fused-ring (bicyclic) bond motifs is 1. The molecule has 1 aliphatic rings. The third-order valence-electron chi connectivity index (χ3n) is 4.33. The first-order chi connectivity index (χ1) is 10.8. The lowest BCUT2D eigenvalue weighted by Crippen LogP contribution is -2.44. The minimum absolute atomic E-state index is 0.311. The van der Waals surface area contributed by atoms with Gasteiger partial charge in [0.15, 0.2) is 11.4 Å². The predicted molar refractivity (Wildman–Crippen MR) is 88.7 cm³/mol. The van der Waals surface area contributed by atoms with Crippen molar-refractivity contribution < 1.29 is 14.7 Å². The zero-order valence-electron chi connectivity index (χ0n) is 12.8. The highest BCUT2D eigenvalue weighted by molar-refractivity contribution is 6.30. The molecule has 0 fully saturated rings. The van der Waals surface area contributed by atoms with Crippen molar-refractivity contribution in [2.75, 3.05) is 5.32 Å². The van der Waals surface area contributed by atoms with Gasteiger partial charge in [-0.15, -0.1) is 0 Å². The van der Waals surface area contributed by atoms with Crippen molar-refractivity contribution in [3.05, 3.63) is 64.2 Å². The summed E-state index contributed by atoms with van der Waals surface area (Å²) in [6.07, 6.45) is 0. The quantitative estimate of drug-likeness (QED) is 0.849. The second-order valence-electron chi connectivity index (χ2n) is 5.86. The molecule has 0 saturated carbocycles. The number of halogens is 1. The van der Waals surface area contributed by atoms with Gasteiger partial charge in [-0.1, -0.05) is 36.2 Å². The molecule has 4 nitrogen and oxygen atoms in total. The maximum absolute atomic E-state index is 12.7. The highest BCUT2D eigenvalue weighted by Crippen LogP contribution is 2.42. The van der Waals surface area contributed by atoms with Gasteiger partial charge in [-0.25, -0.2) is 0 Å². The summed E-state index contributed by atoms with van der Waals surface area (Å²) in [6, 6.07) is 11.7. The molecule has 5 heteroatoms. The minimum atomic E-state index is -1.88. The first-order valence-electron chi connectivity index (χ1n) is 7.28. The second-order valence-corrected chi connectivity index (χ2v) is 6.30.